The molecule has 0 bridgehead atoms. The molecular formula is C16H23NO. The van der Waals surface area contributed by atoms with Gasteiger partial charge < -0.3 is 5.32 Å². The normalized spacial score (nSPS) is 16.3. The minimum Gasteiger partial charge on any atom is -0.362 e. The topological polar surface area (TPSA) is 29.1 Å². The van der Waals surface area contributed by atoms with Gasteiger partial charge in [0, 0.05) is 7.05 Å². The summed E-state index contributed by atoms with van der Waals surface area (Å²) in [6.45, 7) is 3.89. The van der Waals surface area contributed by atoms with Crippen LogP contribution in [0.25, 0.3) is 0 Å². The van der Waals surface area contributed by atoms with E-state index < -0.39 is 0 Å². The van der Waals surface area contributed by atoms with Gasteiger partial charge in [-0.25, -0.2) is 0 Å². The molecule has 2 nitrogen and oxygen atoms in total. The number of nitrogens with one attached hydrogen (secondary N) is 1. The predicted molar refractivity (Wildman–Crippen MR) is 76.5 cm³/mol. The molecule has 2 heteroatoms. The summed E-state index contributed by atoms with van der Waals surface area (Å²) in [5.41, 5.74) is 1.93. The zero-order chi connectivity index (χ0) is 13.3. The van der Waals surface area contributed by atoms with E-state index in [4.69, 9.17) is 4.79 Å². The number of hydrogen-bond acceptors (Lipinski definition) is 1. The second kappa shape index (κ2) is 7.70. The summed E-state index contributed by atoms with van der Waals surface area (Å²) in [7, 11) is 1.56. The van der Waals surface area contributed by atoms with Crippen molar-refractivity contribution in [1.29, 1.82) is 0 Å². The van der Waals surface area contributed by atoms with E-state index in [1.54, 1.807) is 7.05 Å². The standard InChI is InChI=1S/C14H18.C2H5NO/c1-2-10-14(11-6-7-12-14)13-8-4-3-5-9-13;1-3-2-4/h2-5,8-9H,1,6-7,10-12H2;2H,1H3,(H,3,4). The van der Waals surface area contributed by atoms with E-state index in [0.717, 1.165) is 6.42 Å². The Bertz CT molecular complexity index is 353. The quantitative estimate of drug-likeness (QED) is 0.639. The first-order valence-electron chi connectivity index (χ1n) is 6.56. The molecule has 0 unspecified atom stereocenters. The first kappa shape index (κ1) is 14.5. The molecule has 0 spiro atoms. The Morgan fingerprint density at radius 2 is 1.83 bits per heavy atom. The van der Waals surface area contributed by atoms with Crippen molar-refractivity contribution < 1.29 is 4.79 Å². The molecule has 0 atom stereocenters. The monoisotopic (exact) mass is 245 g/mol. The molecule has 0 aromatic heterocycles. The van der Waals surface area contributed by atoms with Crippen molar-refractivity contribution >= 4 is 6.41 Å². The molecule has 1 aromatic rings. The van der Waals surface area contributed by atoms with Crippen LogP contribution in [0.3, 0.4) is 0 Å². The molecular weight excluding hydrogens is 222 g/mol. The molecule has 1 N–H and O–H groups in total. The number of carbonyl (C=O) groups is 1. The molecule has 1 saturated carbocycles. The van der Waals surface area contributed by atoms with E-state index in [9.17, 15) is 0 Å². The van der Waals surface area contributed by atoms with E-state index in [-0.39, 0.29) is 0 Å². The molecule has 98 valence electrons. The average molecular weight is 245 g/mol. The summed E-state index contributed by atoms with van der Waals surface area (Å²) in [6, 6.07) is 10.9. The van der Waals surface area contributed by atoms with Crippen molar-refractivity contribution in [3.63, 3.8) is 0 Å². The maximum Gasteiger partial charge on any atom is 0.206 e. The Kier molecular flexibility index (Phi) is 6.20. The van der Waals surface area contributed by atoms with Gasteiger partial charge in [0.15, 0.2) is 0 Å². The number of hydrogen-bond donors (Lipinski definition) is 1. The minimum atomic E-state index is 0.420. The van der Waals surface area contributed by atoms with E-state index >= 15 is 0 Å². The summed E-state index contributed by atoms with van der Waals surface area (Å²) in [6.07, 6.45) is 9.27. The van der Waals surface area contributed by atoms with Crippen molar-refractivity contribution in [3.05, 3.63) is 48.6 Å². The third-order valence-corrected chi connectivity index (χ3v) is 3.60. The lowest BCUT2D eigenvalue weighted by Gasteiger charge is -2.28. The van der Waals surface area contributed by atoms with Crippen LogP contribution >= 0.6 is 0 Å². The average Bonchev–Trinajstić information content (AvgIpc) is 2.90. The summed E-state index contributed by atoms with van der Waals surface area (Å²) < 4.78 is 0. The summed E-state index contributed by atoms with van der Waals surface area (Å²) in [4.78, 5) is 9.06. The third-order valence-electron chi connectivity index (χ3n) is 3.60. The van der Waals surface area contributed by atoms with Crippen LogP contribution in [0.1, 0.15) is 37.7 Å². The Morgan fingerprint density at radius 1 is 1.28 bits per heavy atom. The summed E-state index contributed by atoms with van der Waals surface area (Å²) >= 11 is 0. The molecule has 2 rings (SSSR count). The van der Waals surface area contributed by atoms with Crippen molar-refractivity contribution in [2.75, 3.05) is 7.05 Å². The number of allylic oxidation sites excluding steroid dienone is 1. The zero-order valence-electron chi connectivity index (χ0n) is 11.2. The molecule has 0 heterocycles. The van der Waals surface area contributed by atoms with Crippen LogP contribution in [0, 0.1) is 0 Å². The van der Waals surface area contributed by atoms with E-state index in [2.05, 4.69) is 48.3 Å². The molecule has 1 aliphatic carbocycles. The van der Waals surface area contributed by atoms with E-state index in [1.165, 1.54) is 31.2 Å². The van der Waals surface area contributed by atoms with Gasteiger partial charge in [0.05, 0.1) is 0 Å². The lowest BCUT2D eigenvalue weighted by molar-refractivity contribution is -0.109. The third kappa shape index (κ3) is 3.73. The Morgan fingerprint density at radius 3 is 2.28 bits per heavy atom. The summed E-state index contributed by atoms with van der Waals surface area (Å²) in [5, 5.41) is 2.25. The maximum absolute atomic E-state index is 9.06. The van der Waals surface area contributed by atoms with Gasteiger partial charge >= 0.3 is 0 Å². The number of carbonyl (C=O) groups excluding carboxylic acids is 1. The molecule has 18 heavy (non-hydrogen) atoms. The van der Waals surface area contributed by atoms with Gasteiger partial charge in [0.25, 0.3) is 0 Å². The van der Waals surface area contributed by atoms with Gasteiger partial charge in [-0.15, -0.1) is 6.58 Å². The molecule has 0 radical (unpaired) electrons. The van der Waals surface area contributed by atoms with Gasteiger partial charge in [-0.3, -0.25) is 4.79 Å². The highest BCUT2D eigenvalue weighted by molar-refractivity contribution is 5.44. The summed E-state index contributed by atoms with van der Waals surface area (Å²) in [5.74, 6) is 0. The lowest BCUT2D eigenvalue weighted by atomic mass is 9.76. The fraction of sp³-hybridized carbons (Fsp3) is 0.438. The largest absolute Gasteiger partial charge is 0.362 e. The second-order valence-corrected chi connectivity index (χ2v) is 4.75. The van der Waals surface area contributed by atoms with Crippen LogP contribution in [0.5, 0.6) is 0 Å². The smallest absolute Gasteiger partial charge is 0.206 e. The second-order valence-electron chi connectivity index (χ2n) is 4.75. The van der Waals surface area contributed by atoms with Crippen LogP contribution in [-0.2, 0) is 10.2 Å². The molecule has 1 aliphatic rings. The fourth-order valence-corrected chi connectivity index (χ4v) is 2.73. The first-order valence-corrected chi connectivity index (χ1v) is 6.56. The van der Waals surface area contributed by atoms with Gasteiger partial charge in [0.1, 0.15) is 0 Å². The van der Waals surface area contributed by atoms with Crippen LogP contribution in [0.4, 0.5) is 0 Å². The van der Waals surface area contributed by atoms with Crippen LogP contribution in [0.2, 0.25) is 0 Å². The van der Waals surface area contributed by atoms with Crippen molar-refractivity contribution in [2.45, 2.75) is 37.5 Å². The lowest BCUT2D eigenvalue weighted by Crippen LogP contribution is -2.20. The maximum atomic E-state index is 9.06. The van der Waals surface area contributed by atoms with Crippen LogP contribution in [0.15, 0.2) is 43.0 Å². The van der Waals surface area contributed by atoms with E-state index in [1.807, 2.05) is 0 Å². The zero-order valence-corrected chi connectivity index (χ0v) is 11.2. The molecule has 1 fully saturated rings. The van der Waals surface area contributed by atoms with E-state index in [0.29, 0.717) is 11.8 Å². The molecule has 1 aromatic carbocycles. The molecule has 0 aliphatic heterocycles. The molecule has 0 saturated heterocycles. The highest BCUT2D eigenvalue weighted by Crippen LogP contribution is 2.43. The highest BCUT2D eigenvalue weighted by atomic mass is 16.1. The SMILES string of the molecule is C=CCC1(c2ccccc2)CCCC1.CNC=O. The number of rotatable bonds is 4. The number of amides is 1. The van der Waals surface area contributed by atoms with Crippen LogP contribution < -0.4 is 5.32 Å². The van der Waals surface area contributed by atoms with Gasteiger partial charge in [-0.05, 0) is 30.2 Å². The van der Waals surface area contributed by atoms with Crippen molar-refractivity contribution in [1.82, 2.24) is 5.32 Å². The minimum absolute atomic E-state index is 0.420. The van der Waals surface area contributed by atoms with Crippen LogP contribution in [-0.4, -0.2) is 13.5 Å². The Balaban J connectivity index is 0.000000357. The van der Waals surface area contributed by atoms with Gasteiger partial charge in [-0.1, -0.05) is 49.2 Å². The molecule has 1 amide bonds. The number of benzene rings is 1. The van der Waals surface area contributed by atoms with Crippen molar-refractivity contribution in [3.8, 4) is 0 Å². The van der Waals surface area contributed by atoms with Gasteiger partial charge in [-0.2, -0.15) is 0 Å². The Hall–Kier alpha value is -1.57. The van der Waals surface area contributed by atoms with Gasteiger partial charge in [0.2, 0.25) is 6.41 Å². The predicted octanol–water partition coefficient (Wildman–Crippen LogP) is 3.44. The fourth-order valence-electron chi connectivity index (χ4n) is 2.73. The Labute approximate surface area is 110 Å². The van der Waals surface area contributed by atoms with Crippen molar-refractivity contribution in [2.24, 2.45) is 0 Å². The highest BCUT2D eigenvalue weighted by Gasteiger charge is 2.33. The first-order chi connectivity index (χ1) is 8.79.